The molecule has 0 spiro atoms. The number of unbranched alkanes of at least 4 members (excludes halogenated alkanes) is 12. The minimum atomic E-state index is -1.05. The van der Waals surface area contributed by atoms with Gasteiger partial charge >= 0.3 is 145 Å². The smallest absolute Gasteiger partial charge is 0.328 e. The van der Waals surface area contributed by atoms with Gasteiger partial charge in [-0.3, -0.25) is 0 Å². The van der Waals surface area contributed by atoms with Crippen molar-refractivity contribution >= 4 is 148 Å². The van der Waals surface area contributed by atoms with Crippen LogP contribution in [0.2, 0.25) is 17.7 Å². The predicted octanol–water partition coefficient (Wildman–Crippen LogP) is 12.5. The van der Waals surface area contributed by atoms with Crippen molar-refractivity contribution in [3.63, 3.8) is 0 Å². The summed E-state index contributed by atoms with van der Waals surface area (Å²) in [7, 11) is 0. The zero-order valence-corrected chi connectivity index (χ0v) is 63.0. The molecule has 0 amide bonds. The van der Waals surface area contributed by atoms with E-state index in [0.717, 1.165) is 75.0 Å². The fourth-order valence-electron chi connectivity index (χ4n) is 6.42. The van der Waals surface area contributed by atoms with Crippen LogP contribution in [0.15, 0.2) is 0 Å². The van der Waals surface area contributed by atoms with Crippen molar-refractivity contribution in [2.75, 3.05) is 13.2 Å². The van der Waals surface area contributed by atoms with Crippen LogP contribution in [-0.4, -0.2) is 116 Å². The fraction of sp³-hybridized carbons (Fsp3) is 0.917. The molecule has 1 N–H and O–H groups in total. The number of aliphatic hydroxyl groups is 1. The Labute approximate surface area is 540 Å². The summed E-state index contributed by atoms with van der Waals surface area (Å²) in [5, 5.41) is 47.0. The Morgan fingerprint density at radius 1 is 0.405 bits per heavy atom. The summed E-state index contributed by atoms with van der Waals surface area (Å²) in [4.78, 5) is 51.6. The molecule has 2 radical (unpaired) electrons. The zero-order chi connectivity index (χ0) is 62.2. The van der Waals surface area contributed by atoms with E-state index in [-0.39, 0.29) is 55.5 Å². The molecular weight excluding hydrogens is 1330 g/mol. The van der Waals surface area contributed by atoms with Gasteiger partial charge in [-0.2, -0.15) is 75.8 Å². The number of hydrogen-bond donors (Lipinski definition) is 7. The standard InChI is InChI=1S/4C10H20O2S.C4H8O3S2.4C4H9.2Sn/c4*1-8(2)6-4-3-5-7-9(13)10(11)12;5-1-2-7-3(6)4(8)9;4*1-3-4-2;;/h4*8-9,13H,3-7H2,1-2H3,(H,11,12);4-5,8-9H,1-2H2;4*1,3-4H2,2H3;;/q;;;;;;;;;;+2/p-4. The summed E-state index contributed by atoms with van der Waals surface area (Å²) in [6.07, 6.45) is 32.0. The maximum absolute atomic E-state index is 10.4. The van der Waals surface area contributed by atoms with Gasteiger partial charge in [-0.15, -0.1) is 0 Å². The molecule has 0 aromatic heterocycles. The molecule has 472 valence electrons. The van der Waals surface area contributed by atoms with Crippen molar-refractivity contribution in [1.29, 1.82) is 0 Å². The summed E-state index contributed by atoms with van der Waals surface area (Å²) in [5.74, 6) is -1.75. The molecule has 4 atom stereocenters. The van der Waals surface area contributed by atoms with E-state index in [1.54, 1.807) is 17.7 Å². The van der Waals surface area contributed by atoms with Crippen molar-refractivity contribution < 1.29 is 54.2 Å². The van der Waals surface area contributed by atoms with Crippen LogP contribution in [0.5, 0.6) is 0 Å². The largest absolute Gasteiger partial charge is 0.462 e. The molecule has 0 aliphatic rings. The molecule has 79 heavy (non-hydrogen) atoms. The summed E-state index contributed by atoms with van der Waals surface area (Å²) in [5.41, 5.74) is 0. The summed E-state index contributed by atoms with van der Waals surface area (Å²) < 4.78 is 10.2. The molecule has 4 unspecified atom stereocenters. The van der Waals surface area contributed by atoms with Crippen LogP contribution < -0.4 is 20.4 Å². The number of thiol groups is 6. The molecule has 0 fully saturated rings. The Balaban J connectivity index is -0.000000154. The van der Waals surface area contributed by atoms with Gasteiger partial charge in [0.2, 0.25) is 0 Å². The first-order chi connectivity index (χ1) is 37.2. The Bertz CT molecular complexity index is 1130. The van der Waals surface area contributed by atoms with E-state index < -0.39 is 55.4 Å². The molecule has 0 aliphatic heterocycles. The van der Waals surface area contributed by atoms with E-state index in [1.807, 2.05) is 0 Å². The average molecular weight is 1450 g/mol. The van der Waals surface area contributed by atoms with Gasteiger partial charge in [0.05, 0.1) is 30.5 Å². The van der Waals surface area contributed by atoms with Gasteiger partial charge in [-0.25, -0.2) is 4.79 Å². The van der Waals surface area contributed by atoms with Gasteiger partial charge in [-0.05, 0) is 49.4 Å². The van der Waals surface area contributed by atoms with Crippen molar-refractivity contribution in [2.24, 2.45) is 23.7 Å². The minimum absolute atomic E-state index is 0.0104. The third-order valence-electron chi connectivity index (χ3n) is 11.5. The van der Waals surface area contributed by atoms with E-state index in [2.05, 4.69) is 164 Å². The molecule has 0 rings (SSSR count). The van der Waals surface area contributed by atoms with E-state index in [0.29, 0.717) is 25.7 Å². The monoisotopic (exact) mass is 1450 g/mol. The molecule has 0 saturated heterocycles. The fourth-order valence-corrected chi connectivity index (χ4v) is 15.6. The molecular formula is C60H120O11S6Sn2-2. The van der Waals surface area contributed by atoms with Crippen LogP contribution in [0.25, 0.3) is 0 Å². The predicted molar refractivity (Wildman–Crippen MR) is 353 cm³/mol. The Hall–Kier alpha value is 1.01. The molecule has 0 bridgehead atoms. The normalized spacial score (nSPS) is 12.0. The van der Waals surface area contributed by atoms with Gasteiger partial charge in [-0.1, -0.05) is 158 Å². The summed E-state index contributed by atoms with van der Waals surface area (Å²) in [6, 6.07) is 0. The van der Waals surface area contributed by atoms with Crippen LogP contribution >= 0.6 is 75.8 Å². The number of esters is 1. The SMILES string of the molecule is CC(C)CCCCCC(S)C(=O)[O-].CC(C)CCCCCC(S)C(=O)[O-].CC(C)CCCCCC(S)C(=O)[O-].CC(C)CCCCCC(S)C(=O)[O-].CCC[CH2][Sn+2][CH2]CCC.CCC[CH2][Sn][CH2]CCC.O=C(OCCO)C(S)S. The van der Waals surface area contributed by atoms with Crippen LogP contribution in [-0.2, 0) is 28.7 Å². The van der Waals surface area contributed by atoms with Crippen molar-refractivity contribution in [3.05, 3.63) is 0 Å². The first-order valence-electron chi connectivity index (χ1n) is 30.3. The maximum Gasteiger partial charge on any atom is 0.328 e. The average Bonchev–Trinajstić information content (AvgIpc) is 3.37. The molecule has 11 nitrogen and oxygen atoms in total. The van der Waals surface area contributed by atoms with E-state index in [1.165, 1.54) is 103 Å². The second-order valence-electron chi connectivity index (χ2n) is 21.6. The first kappa shape index (κ1) is 93.7. The Kier molecular flexibility index (Phi) is 89.1. The number of carbonyl (C=O) groups excluding carboxylic acids is 5. The van der Waals surface area contributed by atoms with E-state index >= 15 is 0 Å². The summed E-state index contributed by atoms with van der Waals surface area (Å²) in [6.45, 7) is 26.6. The number of carbonyl (C=O) groups is 5. The number of ether oxygens (including phenoxy) is 1. The number of carboxylic acid groups (broad SMARTS) is 4. The molecule has 0 heterocycles. The number of aliphatic hydroxyl groups excluding tert-OH is 1. The molecule has 0 saturated carbocycles. The Morgan fingerprint density at radius 2 is 0.646 bits per heavy atom. The van der Waals surface area contributed by atoms with E-state index in [4.69, 9.17) is 5.11 Å². The molecule has 0 aliphatic carbocycles. The Morgan fingerprint density at radius 3 is 0.835 bits per heavy atom. The number of aliphatic carboxylic acids is 4. The van der Waals surface area contributed by atoms with Crippen LogP contribution in [0.1, 0.15) is 263 Å². The minimum Gasteiger partial charge on any atom is -0.462 e. The molecule has 0 aromatic rings. The van der Waals surface area contributed by atoms with Gasteiger partial charge in [0.25, 0.3) is 0 Å². The number of hydrogen-bond acceptors (Lipinski definition) is 17. The number of carboxylic acids is 4. The second kappa shape index (κ2) is 75.1. The van der Waals surface area contributed by atoms with Crippen molar-refractivity contribution in [2.45, 2.75) is 306 Å². The van der Waals surface area contributed by atoms with Gasteiger partial charge in [0, 0.05) is 21.0 Å². The van der Waals surface area contributed by atoms with Gasteiger partial charge in [0.1, 0.15) is 11.2 Å². The van der Waals surface area contributed by atoms with Crippen LogP contribution in [0, 0.1) is 23.7 Å². The third kappa shape index (κ3) is 98.4. The van der Waals surface area contributed by atoms with Crippen LogP contribution in [0.4, 0.5) is 0 Å². The quantitative estimate of drug-likeness (QED) is 0.0100. The van der Waals surface area contributed by atoms with Crippen molar-refractivity contribution in [1.82, 2.24) is 0 Å². The number of rotatable bonds is 43. The summed E-state index contributed by atoms with van der Waals surface area (Å²) >= 11 is 23.3. The van der Waals surface area contributed by atoms with Gasteiger partial charge < -0.3 is 49.4 Å². The zero-order valence-electron chi connectivity index (χ0n) is 52.0. The molecule has 19 heteroatoms. The van der Waals surface area contributed by atoms with Gasteiger partial charge in [0.15, 0.2) is 0 Å². The first-order valence-corrected chi connectivity index (χ1v) is 41.4. The topological polar surface area (TPSA) is 207 Å². The maximum atomic E-state index is 10.4. The van der Waals surface area contributed by atoms with E-state index in [9.17, 15) is 44.4 Å². The molecule has 0 aromatic carbocycles. The van der Waals surface area contributed by atoms with Crippen molar-refractivity contribution in [3.8, 4) is 0 Å². The second-order valence-corrected chi connectivity index (χ2v) is 34.1. The van der Waals surface area contributed by atoms with Crippen LogP contribution in [0.3, 0.4) is 0 Å². The third-order valence-corrected chi connectivity index (χ3v) is 21.9.